The maximum absolute atomic E-state index is 12.4. The zero-order chi connectivity index (χ0) is 16.4. The van der Waals surface area contributed by atoms with E-state index in [2.05, 4.69) is 10.5 Å². The van der Waals surface area contributed by atoms with Crippen molar-refractivity contribution in [2.24, 2.45) is 0 Å². The molecule has 1 saturated carbocycles. The lowest BCUT2D eigenvalue weighted by molar-refractivity contribution is -0.139. The third-order valence-electron chi connectivity index (χ3n) is 3.61. The van der Waals surface area contributed by atoms with Crippen molar-refractivity contribution in [2.75, 3.05) is 11.9 Å². The summed E-state index contributed by atoms with van der Waals surface area (Å²) in [5.74, 6) is -0.551. The van der Waals surface area contributed by atoms with Crippen molar-refractivity contribution < 1.29 is 24.0 Å². The highest BCUT2D eigenvalue weighted by molar-refractivity contribution is 6.05. The van der Waals surface area contributed by atoms with Crippen LogP contribution >= 0.6 is 0 Å². The Balaban J connectivity index is 1.70. The number of aryl methyl sites for hydroxylation is 1. The summed E-state index contributed by atoms with van der Waals surface area (Å²) >= 11 is 0. The maximum atomic E-state index is 12.4. The van der Waals surface area contributed by atoms with Crippen LogP contribution in [0.15, 0.2) is 29.0 Å². The Labute approximate surface area is 132 Å². The highest BCUT2D eigenvalue weighted by Crippen LogP contribution is 2.40. The van der Waals surface area contributed by atoms with Crippen molar-refractivity contribution in [1.82, 2.24) is 5.16 Å². The maximum Gasteiger partial charge on any atom is 0.341 e. The summed E-state index contributed by atoms with van der Waals surface area (Å²) in [6.45, 7) is 1.40. The second-order valence-corrected chi connectivity index (χ2v) is 5.50. The first-order valence-electron chi connectivity index (χ1n) is 7.25. The first-order valence-corrected chi connectivity index (χ1v) is 7.25. The molecule has 0 atom stereocenters. The zero-order valence-electron chi connectivity index (χ0n) is 12.5. The number of amides is 1. The molecular formula is C16H16N2O5. The fourth-order valence-electron chi connectivity index (χ4n) is 2.27. The largest absolute Gasteiger partial charge is 0.482 e. The Kier molecular flexibility index (Phi) is 4.01. The summed E-state index contributed by atoms with van der Waals surface area (Å²) in [4.78, 5) is 22.9. The van der Waals surface area contributed by atoms with Gasteiger partial charge in [-0.15, -0.1) is 0 Å². The topological polar surface area (TPSA) is 102 Å². The van der Waals surface area contributed by atoms with Crippen LogP contribution in [0.25, 0.3) is 0 Å². The second-order valence-electron chi connectivity index (χ2n) is 5.50. The molecule has 1 heterocycles. The highest BCUT2D eigenvalue weighted by Gasteiger charge is 2.31. The molecule has 1 aliphatic carbocycles. The van der Waals surface area contributed by atoms with Gasteiger partial charge in [-0.2, -0.15) is 0 Å². The van der Waals surface area contributed by atoms with Gasteiger partial charge in [0.15, 0.2) is 6.61 Å². The SMILES string of the molecule is Cc1cc(OCC(=O)O)ccc1NC(=O)c1conc1C1CC1. The Morgan fingerprint density at radius 1 is 1.43 bits per heavy atom. The number of ether oxygens (including phenoxy) is 1. The van der Waals surface area contributed by atoms with Crippen LogP contribution in [-0.4, -0.2) is 28.7 Å². The lowest BCUT2D eigenvalue weighted by Gasteiger charge is -2.10. The average Bonchev–Trinajstić information content (AvgIpc) is 3.24. The number of carboxylic acid groups (broad SMARTS) is 1. The van der Waals surface area contributed by atoms with Crippen molar-refractivity contribution >= 4 is 17.6 Å². The third-order valence-corrected chi connectivity index (χ3v) is 3.61. The molecule has 0 unspecified atom stereocenters. The van der Waals surface area contributed by atoms with Crippen LogP contribution in [0, 0.1) is 6.92 Å². The molecule has 120 valence electrons. The quantitative estimate of drug-likeness (QED) is 0.849. The predicted molar refractivity (Wildman–Crippen MR) is 80.7 cm³/mol. The number of carbonyl (C=O) groups excluding carboxylic acids is 1. The minimum absolute atomic E-state index is 0.268. The molecule has 1 aromatic carbocycles. The van der Waals surface area contributed by atoms with Crippen LogP contribution in [0.5, 0.6) is 5.75 Å². The number of benzene rings is 1. The van der Waals surface area contributed by atoms with Crippen LogP contribution < -0.4 is 10.1 Å². The van der Waals surface area contributed by atoms with Gasteiger partial charge in [0, 0.05) is 11.6 Å². The standard InChI is InChI=1S/C16H16N2O5/c1-9-6-11(22-8-14(19)20)4-5-13(9)17-16(21)12-7-23-18-15(12)10-2-3-10/h4-7,10H,2-3,8H2,1H3,(H,17,21)(H,19,20). The Bertz CT molecular complexity index is 749. The van der Waals surface area contributed by atoms with Gasteiger partial charge in [-0.05, 0) is 43.5 Å². The van der Waals surface area contributed by atoms with Crippen molar-refractivity contribution in [3.63, 3.8) is 0 Å². The number of hydrogen-bond donors (Lipinski definition) is 2. The first kappa shape index (κ1) is 15.1. The Hall–Kier alpha value is -2.83. The van der Waals surface area contributed by atoms with E-state index in [0.29, 0.717) is 28.6 Å². The van der Waals surface area contributed by atoms with Gasteiger partial charge < -0.3 is 19.7 Å². The van der Waals surface area contributed by atoms with Crippen LogP contribution in [0.1, 0.15) is 40.4 Å². The van der Waals surface area contributed by atoms with E-state index in [1.54, 1.807) is 25.1 Å². The molecule has 7 heteroatoms. The van der Waals surface area contributed by atoms with E-state index in [1.165, 1.54) is 6.26 Å². The van der Waals surface area contributed by atoms with E-state index >= 15 is 0 Å². The van der Waals surface area contributed by atoms with E-state index in [-0.39, 0.29) is 5.91 Å². The Morgan fingerprint density at radius 3 is 2.87 bits per heavy atom. The summed E-state index contributed by atoms with van der Waals surface area (Å²) in [6, 6.07) is 4.96. The number of aromatic nitrogens is 1. The lowest BCUT2D eigenvalue weighted by atomic mass is 10.1. The van der Waals surface area contributed by atoms with Gasteiger partial charge in [-0.1, -0.05) is 5.16 Å². The molecule has 7 nitrogen and oxygen atoms in total. The molecule has 1 fully saturated rings. The van der Waals surface area contributed by atoms with Crippen molar-refractivity contribution in [1.29, 1.82) is 0 Å². The molecule has 0 bridgehead atoms. The molecule has 0 saturated heterocycles. The number of aliphatic carboxylic acids is 1. The molecule has 2 aromatic rings. The van der Waals surface area contributed by atoms with Crippen molar-refractivity contribution in [3.8, 4) is 5.75 Å². The summed E-state index contributed by atoms with van der Waals surface area (Å²) in [6.07, 6.45) is 3.42. The number of carbonyl (C=O) groups is 2. The Morgan fingerprint density at radius 2 is 2.22 bits per heavy atom. The van der Waals surface area contributed by atoms with Crippen LogP contribution in [-0.2, 0) is 4.79 Å². The molecule has 0 aliphatic heterocycles. The van der Waals surface area contributed by atoms with E-state index in [9.17, 15) is 9.59 Å². The normalized spacial score (nSPS) is 13.6. The van der Waals surface area contributed by atoms with Gasteiger partial charge in [0.2, 0.25) is 0 Å². The zero-order valence-corrected chi connectivity index (χ0v) is 12.5. The lowest BCUT2D eigenvalue weighted by Crippen LogP contribution is -2.14. The van der Waals surface area contributed by atoms with E-state index < -0.39 is 12.6 Å². The third kappa shape index (κ3) is 3.50. The van der Waals surface area contributed by atoms with E-state index in [4.69, 9.17) is 14.4 Å². The molecule has 1 aliphatic rings. The summed E-state index contributed by atoms with van der Waals surface area (Å²) in [7, 11) is 0. The molecule has 3 rings (SSSR count). The molecule has 1 amide bonds. The molecule has 2 N–H and O–H groups in total. The second kappa shape index (κ2) is 6.12. The highest BCUT2D eigenvalue weighted by atomic mass is 16.5. The molecular weight excluding hydrogens is 300 g/mol. The molecule has 0 radical (unpaired) electrons. The van der Waals surface area contributed by atoms with Gasteiger partial charge in [0.05, 0.1) is 5.69 Å². The monoisotopic (exact) mass is 316 g/mol. The predicted octanol–water partition coefficient (Wildman–Crippen LogP) is 2.58. The summed E-state index contributed by atoms with van der Waals surface area (Å²) in [5, 5.41) is 15.3. The minimum Gasteiger partial charge on any atom is -0.482 e. The van der Waals surface area contributed by atoms with Crippen LogP contribution in [0.4, 0.5) is 5.69 Å². The number of nitrogens with zero attached hydrogens (tertiary/aromatic N) is 1. The number of anilines is 1. The molecule has 0 spiro atoms. The van der Waals surface area contributed by atoms with E-state index in [0.717, 1.165) is 18.4 Å². The van der Waals surface area contributed by atoms with Gasteiger partial charge in [0.25, 0.3) is 5.91 Å². The summed E-state index contributed by atoms with van der Waals surface area (Å²) in [5.41, 5.74) is 2.56. The fraction of sp³-hybridized carbons (Fsp3) is 0.312. The minimum atomic E-state index is -1.04. The van der Waals surface area contributed by atoms with Crippen molar-refractivity contribution in [3.05, 3.63) is 41.3 Å². The number of hydrogen-bond acceptors (Lipinski definition) is 5. The summed E-state index contributed by atoms with van der Waals surface area (Å²) < 4.78 is 10.0. The van der Waals surface area contributed by atoms with Gasteiger partial charge in [-0.3, -0.25) is 4.79 Å². The number of rotatable bonds is 6. The van der Waals surface area contributed by atoms with Crippen LogP contribution in [0.3, 0.4) is 0 Å². The van der Waals surface area contributed by atoms with E-state index in [1.807, 2.05) is 0 Å². The number of nitrogens with one attached hydrogen (secondary N) is 1. The van der Waals surface area contributed by atoms with Gasteiger partial charge >= 0.3 is 5.97 Å². The number of carboxylic acids is 1. The first-order chi connectivity index (χ1) is 11.0. The smallest absolute Gasteiger partial charge is 0.341 e. The van der Waals surface area contributed by atoms with Gasteiger partial charge in [0.1, 0.15) is 17.6 Å². The fourth-order valence-corrected chi connectivity index (χ4v) is 2.27. The van der Waals surface area contributed by atoms with Gasteiger partial charge in [-0.25, -0.2) is 4.79 Å². The van der Waals surface area contributed by atoms with Crippen LogP contribution in [0.2, 0.25) is 0 Å². The average molecular weight is 316 g/mol. The molecule has 1 aromatic heterocycles. The molecule has 23 heavy (non-hydrogen) atoms. The van der Waals surface area contributed by atoms with Crippen molar-refractivity contribution in [2.45, 2.75) is 25.7 Å².